The van der Waals surface area contributed by atoms with Gasteiger partial charge in [-0.2, -0.15) is 0 Å². The van der Waals surface area contributed by atoms with Crippen LogP contribution < -0.4 is 10.6 Å². The Balaban J connectivity index is 2.04. The van der Waals surface area contributed by atoms with Crippen molar-refractivity contribution in [3.63, 3.8) is 0 Å². The average molecular weight is 310 g/mol. The lowest BCUT2D eigenvalue weighted by molar-refractivity contribution is -0.114. The monoisotopic (exact) mass is 310 g/mol. The highest BCUT2D eigenvalue weighted by Crippen LogP contribution is 2.24. The average Bonchev–Trinajstić information content (AvgIpc) is 2.85. The fraction of sp³-hybridized carbons (Fsp3) is 0.267. The summed E-state index contributed by atoms with van der Waals surface area (Å²) < 4.78 is 26.9. The number of carbonyl (C=O) groups is 1. The lowest BCUT2D eigenvalue weighted by Crippen LogP contribution is -2.19. The molecule has 3 nitrogen and oxygen atoms in total. The van der Waals surface area contributed by atoms with Crippen molar-refractivity contribution in [1.29, 1.82) is 0 Å². The normalized spacial score (nSPS) is 12.2. The van der Waals surface area contributed by atoms with Crippen LogP contribution in [-0.4, -0.2) is 5.91 Å². The quantitative estimate of drug-likeness (QED) is 0.881. The Kier molecular flexibility index (Phi) is 5.03. The van der Waals surface area contributed by atoms with Crippen molar-refractivity contribution in [2.45, 2.75) is 26.4 Å². The van der Waals surface area contributed by atoms with E-state index in [0.29, 0.717) is 6.54 Å². The molecule has 0 saturated heterocycles. The molecule has 1 aromatic heterocycles. The van der Waals surface area contributed by atoms with Crippen molar-refractivity contribution in [3.8, 4) is 0 Å². The Labute approximate surface area is 126 Å². The summed E-state index contributed by atoms with van der Waals surface area (Å²) in [6, 6.07) is 4.89. The standard InChI is InChI=1S/C15H16F2N2OS/c1-9(12-7-11(16)3-4-13(12)17)18-8-15-14(5-6-21-15)19-10(2)20/h3-7,9,18H,8H2,1-2H3,(H,19,20). The van der Waals surface area contributed by atoms with Gasteiger partial charge < -0.3 is 10.6 Å². The van der Waals surface area contributed by atoms with Crippen molar-refractivity contribution in [1.82, 2.24) is 5.32 Å². The fourth-order valence-corrected chi connectivity index (χ4v) is 2.76. The summed E-state index contributed by atoms with van der Waals surface area (Å²) in [7, 11) is 0. The van der Waals surface area contributed by atoms with Crippen LogP contribution in [0.3, 0.4) is 0 Å². The summed E-state index contributed by atoms with van der Waals surface area (Å²) >= 11 is 1.49. The van der Waals surface area contributed by atoms with Gasteiger partial charge in [-0.15, -0.1) is 11.3 Å². The number of rotatable bonds is 5. The minimum atomic E-state index is -0.463. The third-order valence-electron chi connectivity index (χ3n) is 3.05. The molecule has 112 valence electrons. The van der Waals surface area contributed by atoms with Crippen molar-refractivity contribution >= 4 is 22.9 Å². The Bertz CT molecular complexity index is 642. The molecule has 0 radical (unpaired) electrons. The van der Waals surface area contributed by atoms with E-state index in [1.807, 2.05) is 11.4 Å². The first-order valence-corrected chi connectivity index (χ1v) is 7.37. The number of hydrogen-bond donors (Lipinski definition) is 2. The van der Waals surface area contributed by atoms with Crippen LogP contribution in [0.25, 0.3) is 0 Å². The van der Waals surface area contributed by atoms with E-state index in [4.69, 9.17) is 0 Å². The highest BCUT2D eigenvalue weighted by atomic mass is 32.1. The van der Waals surface area contributed by atoms with Crippen molar-refractivity contribution in [2.24, 2.45) is 0 Å². The molecule has 0 saturated carbocycles. The molecule has 21 heavy (non-hydrogen) atoms. The molecule has 2 rings (SSSR count). The van der Waals surface area contributed by atoms with Gasteiger partial charge in [0.25, 0.3) is 0 Å². The molecule has 0 spiro atoms. The van der Waals surface area contributed by atoms with Crippen LogP contribution in [-0.2, 0) is 11.3 Å². The van der Waals surface area contributed by atoms with E-state index in [-0.39, 0.29) is 17.5 Å². The van der Waals surface area contributed by atoms with Crippen molar-refractivity contribution < 1.29 is 13.6 Å². The molecule has 2 aromatic rings. The van der Waals surface area contributed by atoms with Gasteiger partial charge in [0.2, 0.25) is 5.91 Å². The van der Waals surface area contributed by atoms with Crippen LogP contribution in [0.4, 0.5) is 14.5 Å². The van der Waals surface area contributed by atoms with E-state index in [1.165, 1.54) is 24.3 Å². The van der Waals surface area contributed by atoms with E-state index in [9.17, 15) is 13.6 Å². The number of nitrogens with one attached hydrogen (secondary N) is 2. The number of carbonyl (C=O) groups excluding carboxylic acids is 1. The lowest BCUT2D eigenvalue weighted by Gasteiger charge is -2.15. The summed E-state index contributed by atoms with van der Waals surface area (Å²) in [5.41, 5.74) is 1.03. The second kappa shape index (κ2) is 6.78. The molecule has 1 heterocycles. The molecular weight excluding hydrogens is 294 g/mol. The molecule has 2 N–H and O–H groups in total. The minimum absolute atomic E-state index is 0.140. The minimum Gasteiger partial charge on any atom is -0.325 e. The second-order valence-corrected chi connectivity index (χ2v) is 5.71. The largest absolute Gasteiger partial charge is 0.325 e. The van der Waals surface area contributed by atoms with Gasteiger partial charge >= 0.3 is 0 Å². The van der Waals surface area contributed by atoms with Crippen molar-refractivity contribution in [3.05, 3.63) is 51.7 Å². The molecule has 0 fully saturated rings. The molecule has 1 unspecified atom stereocenters. The maximum Gasteiger partial charge on any atom is 0.221 e. The van der Waals surface area contributed by atoms with Crippen LogP contribution in [0.5, 0.6) is 0 Å². The molecule has 0 aliphatic rings. The zero-order valence-electron chi connectivity index (χ0n) is 11.7. The van der Waals surface area contributed by atoms with Crippen LogP contribution in [0.15, 0.2) is 29.6 Å². The van der Waals surface area contributed by atoms with E-state index < -0.39 is 11.6 Å². The molecule has 1 amide bonds. The first kappa shape index (κ1) is 15.6. The van der Waals surface area contributed by atoms with Crippen LogP contribution in [0, 0.1) is 11.6 Å². The molecular formula is C15H16F2N2OS. The van der Waals surface area contributed by atoms with Gasteiger partial charge in [-0.25, -0.2) is 8.78 Å². The number of benzene rings is 1. The highest BCUT2D eigenvalue weighted by molar-refractivity contribution is 7.10. The van der Waals surface area contributed by atoms with Gasteiger partial charge in [-0.3, -0.25) is 4.79 Å². The van der Waals surface area contributed by atoms with Gasteiger partial charge in [0.15, 0.2) is 0 Å². The third kappa shape index (κ3) is 4.09. The van der Waals surface area contributed by atoms with Gasteiger partial charge in [0, 0.05) is 30.0 Å². The molecule has 0 aliphatic carbocycles. The summed E-state index contributed by atoms with van der Waals surface area (Å²) in [4.78, 5) is 12.0. The summed E-state index contributed by atoms with van der Waals surface area (Å²) in [5, 5.41) is 7.74. The number of halogens is 2. The molecule has 1 atom stereocenters. The van der Waals surface area contributed by atoms with Crippen LogP contribution in [0.1, 0.15) is 30.3 Å². The number of anilines is 1. The van der Waals surface area contributed by atoms with E-state index >= 15 is 0 Å². The van der Waals surface area contributed by atoms with E-state index in [1.54, 1.807) is 6.92 Å². The van der Waals surface area contributed by atoms with Gasteiger partial charge in [0.1, 0.15) is 11.6 Å². The highest BCUT2D eigenvalue weighted by Gasteiger charge is 2.13. The molecule has 0 bridgehead atoms. The zero-order valence-corrected chi connectivity index (χ0v) is 12.6. The maximum atomic E-state index is 13.7. The van der Waals surface area contributed by atoms with Crippen LogP contribution in [0.2, 0.25) is 0 Å². The smallest absolute Gasteiger partial charge is 0.221 e. The Morgan fingerprint density at radius 2 is 2.10 bits per heavy atom. The Morgan fingerprint density at radius 3 is 2.81 bits per heavy atom. The maximum absolute atomic E-state index is 13.7. The molecule has 1 aromatic carbocycles. The zero-order chi connectivity index (χ0) is 15.4. The lowest BCUT2D eigenvalue weighted by atomic mass is 10.1. The Hall–Kier alpha value is -1.79. The number of amides is 1. The SMILES string of the molecule is CC(=O)Nc1ccsc1CNC(C)c1cc(F)ccc1F. The van der Waals surface area contributed by atoms with E-state index in [0.717, 1.165) is 22.7 Å². The van der Waals surface area contributed by atoms with Gasteiger partial charge in [-0.1, -0.05) is 0 Å². The summed E-state index contributed by atoms with van der Waals surface area (Å²) in [6.07, 6.45) is 0. The molecule has 6 heteroatoms. The third-order valence-corrected chi connectivity index (χ3v) is 3.97. The van der Waals surface area contributed by atoms with E-state index in [2.05, 4.69) is 10.6 Å². The predicted octanol–water partition coefficient (Wildman–Crippen LogP) is 3.84. The first-order chi connectivity index (χ1) is 9.97. The number of thiophene rings is 1. The van der Waals surface area contributed by atoms with Crippen LogP contribution >= 0.6 is 11.3 Å². The second-order valence-electron chi connectivity index (χ2n) is 4.71. The fourth-order valence-electron chi connectivity index (χ4n) is 1.98. The van der Waals surface area contributed by atoms with Crippen molar-refractivity contribution in [2.75, 3.05) is 5.32 Å². The Morgan fingerprint density at radius 1 is 1.33 bits per heavy atom. The summed E-state index contributed by atoms with van der Waals surface area (Å²) in [6.45, 7) is 3.67. The number of hydrogen-bond acceptors (Lipinski definition) is 3. The summed E-state index contributed by atoms with van der Waals surface area (Å²) in [5.74, 6) is -1.04. The molecule has 0 aliphatic heterocycles. The van der Waals surface area contributed by atoms with Gasteiger partial charge in [0.05, 0.1) is 5.69 Å². The predicted molar refractivity (Wildman–Crippen MR) is 80.2 cm³/mol. The first-order valence-electron chi connectivity index (χ1n) is 6.49. The topological polar surface area (TPSA) is 41.1 Å². The van der Waals surface area contributed by atoms with Gasteiger partial charge in [-0.05, 0) is 36.6 Å².